The summed E-state index contributed by atoms with van der Waals surface area (Å²) >= 11 is 0. The lowest BCUT2D eigenvalue weighted by Crippen LogP contribution is -2.45. The van der Waals surface area contributed by atoms with Crippen LogP contribution in [0.1, 0.15) is 6.92 Å². The number of nitrogens with one attached hydrogen (secondary N) is 1. The molecular weight excluding hydrogens is 240 g/mol. The van der Waals surface area contributed by atoms with Crippen molar-refractivity contribution in [2.75, 3.05) is 19.7 Å². The number of morpholine rings is 1. The lowest BCUT2D eigenvalue weighted by atomic mass is 10.2. The SMILES string of the molecule is CC1CNCC(COc2ccnc3ccccc23)O1. The monoisotopic (exact) mass is 258 g/mol. The van der Waals surface area contributed by atoms with Gasteiger partial charge in [0.1, 0.15) is 18.5 Å². The number of nitrogens with zero attached hydrogens (tertiary/aromatic N) is 1. The third-order valence-corrected chi connectivity index (χ3v) is 3.26. The van der Waals surface area contributed by atoms with E-state index in [1.807, 2.05) is 30.3 Å². The van der Waals surface area contributed by atoms with Gasteiger partial charge >= 0.3 is 0 Å². The zero-order valence-electron chi connectivity index (χ0n) is 11.0. The maximum Gasteiger partial charge on any atom is 0.130 e. The Morgan fingerprint density at radius 1 is 1.32 bits per heavy atom. The smallest absolute Gasteiger partial charge is 0.130 e. The van der Waals surface area contributed by atoms with Crippen LogP contribution in [0.4, 0.5) is 0 Å². The van der Waals surface area contributed by atoms with Crippen LogP contribution in [0.5, 0.6) is 5.75 Å². The predicted octanol–water partition coefficient (Wildman–Crippen LogP) is 1.99. The minimum Gasteiger partial charge on any atom is -0.490 e. The predicted molar refractivity (Wildman–Crippen MR) is 74.4 cm³/mol. The van der Waals surface area contributed by atoms with E-state index in [1.54, 1.807) is 6.20 Å². The summed E-state index contributed by atoms with van der Waals surface area (Å²) in [6.07, 6.45) is 2.13. The molecule has 0 aliphatic carbocycles. The highest BCUT2D eigenvalue weighted by Crippen LogP contribution is 2.23. The van der Waals surface area contributed by atoms with Gasteiger partial charge in [0.15, 0.2) is 0 Å². The molecule has 2 unspecified atom stereocenters. The highest BCUT2D eigenvalue weighted by molar-refractivity contribution is 5.84. The van der Waals surface area contributed by atoms with E-state index in [2.05, 4.69) is 17.2 Å². The van der Waals surface area contributed by atoms with Gasteiger partial charge in [-0.2, -0.15) is 0 Å². The molecule has 4 nitrogen and oxygen atoms in total. The topological polar surface area (TPSA) is 43.4 Å². The van der Waals surface area contributed by atoms with Gasteiger partial charge in [-0.1, -0.05) is 12.1 Å². The van der Waals surface area contributed by atoms with Crippen molar-refractivity contribution >= 4 is 10.9 Å². The van der Waals surface area contributed by atoms with Crippen LogP contribution in [0.2, 0.25) is 0 Å². The minimum absolute atomic E-state index is 0.107. The Morgan fingerprint density at radius 3 is 3.11 bits per heavy atom. The van der Waals surface area contributed by atoms with Crippen LogP contribution in [0.3, 0.4) is 0 Å². The molecule has 1 aliphatic heterocycles. The summed E-state index contributed by atoms with van der Waals surface area (Å²) in [5.41, 5.74) is 0.955. The number of rotatable bonds is 3. The van der Waals surface area contributed by atoms with E-state index in [-0.39, 0.29) is 12.2 Å². The van der Waals surface area contributed by atoms with Crippen molar-refractivity contribution in [2.45, 2.75) is 19.1 Å². The van der Waals surface area contributed by atoms with Crippen molar-refractivity contribution in [1.82, 2.24) is 10.3 Å². The lowest BCUT2D eigenvalue weighted by molar-refractivity contribution is -0.0468. The van der Waals surface area contributed by atoms with Gasteiger partial charge in [0.2, 0.25) is 0 Å². The molecule has 1 aliphatic rings. The Labute approximate surface area is 112 Å². The van der Waals surface area contributed by atoms with Crippen molar-refractivity contribution < 1.29 is 9.47 Å². The van der Waals surface area contributed by atoms with Gasteiger partial charge in [-0.05, 0) is 25.1 Å². The molecule has 19 heavy (non-hydrogen) atoms. The molecular formula is C15H18N2O2. The van der Waals surface area contributed by atoms with Gasteiger partial charge in [-0.15, -0.1) is 0 Å². The number of pyridine rings is 1. The molecule has 3 rings (SSSR count). The zero-order chi connectivity index (χ0) is 13.1. The molecule has 0 amide bonds. The average molecular weight is 258 g/mol. The second-order valence-corrected chi connectivity index (χ2v) is 4.86. The van der Waals surface area contributed by atoms with Crippen LogP contribution in [0, 0.1) is 0 Å². The molecule has 2 aromatic rings. The number of ether oxygens (including phenoxy) is 2. The number of hydrogen-bond donors (Lipinski definition) is 1. The van der Waals surface area contributed by atoms with Gasteiger partial charge in [0.25, 0.3) is 0 Å². The Kier molecular flexibility index (Phi) is 3.62. The van der Waals surface area contributed by atoms with E-state index in [0.717, 1.165) is 29.7 Å². The van der Waals surface area contributed by atoms with Crippen molar-refractivity contribution in [3.63, 3.8) is 0 Å². The first-order valence-electron chi connectivity index (χ1n) is 6.65. The first-order valence-corrected chi connectivity index (χ1v) is 6.65. The molecule has 0 saturated carbocycles. The zero-order valence-corrected chi connectivity index (χ0v) is 11.0. The molecule has 0 radical (unpaired) electrons. The van der Waals surface area contributed by atoms with Gasteiger partial charge in [0.05, 0.1) is 11.6 Å². The fourth-order valence-corrected chi connectivity index (χ4v) is 2.35. The van der Waals surface area contributed by atoms with Crippen molar-refractivity contribution in [1.29, 1.82) is 0 Å². The number of aromatic nitrogens is 1. The number of hydrogen-bond acceptors (Lipinski definition) is 4. The van der Waals surface area contributed by atoms with Gasteiger partial charge in [-0.3, -0.25) is 4.98 Å². The second kappa shape index (κ2) is 5.55. The average Bonchev–Trinajstić information content (AvgIpc) is 2.45. The second-order valence-electron chi connectivity index (χ2n) is 4.86. The molecule has 1 saturated heterocycles. The van der Waals surface area contributed by atoms with E-state index in [0.29, 0.717) is 6.61 Å². The van der Waals surface area contributed by atoms with Crippen LogP contribution in [-0.4, -0.2) is 36.9 Å². The Hall–Kier alpha value is -1.65. The molecule has 1 fully saturated rings. The van der Waals surface area contributed by atoms with Crippen molar-refractivity contribution in [3.05, 3.63) is 36.5 Å². The van der Waals surface area contributed by atoms with Crippen molar-refractivity contribution in [2.24, 2.45) is 0 Å². The summed E-state index contributed by atoms with van der Waals surface area (Å²) in [7, 11) is 0. The van der Waals surface area contributed by atoms with E-state index in [1.165, 1.54) is 0 Å². The maximum absolute atomic E-state index is 5.90. The Balaban J connectivity index is 1.71. The van der Waals surface area contributed by atoms with E-state index >= 15 is 0 Å². The molecule has 2 heterocycles. The van der Waals surface area contributed by atoms with Gasteiger partial charge in [-0.25, -0.2) is 0 Å². The fraction of sp³-hybridized carbons (Fsp3) is 0.400. The third kappa shape index (κ3) is 2.85. The van der Waals surface area contributed by atoms with Crippen LogP contribution >= 0.6 is 0 Å². The molecule has 1 aromatic carbocycles. The first-order chi connectivity index (χ1) is 9.33. The molecule has 1 aromatic heterocycles. The molecule has 0 bridgehead atoms. The summed E-state index contributed by atoms with van der Waals surface area (Å²) in [4.78, 5) is 4.33. The molecule has 4 heteroatoms. The normalized spacial score (nSPS) is 23.4. The van der Waals surface area contributed by atoms with Crippen LogP contribution in [0.15, 0.2) is 36.5 Å². The van der Waals surface area contributed by atoms with Crippen LogP contribution in [0.25, 0.3) is 10.9 Å². The van der Waals surface area contributed by atoms with Gasteiger partial charge < -0.3 is 14.8 Å². The summed E-state index contributed by atoms with van der Waals surface area (Å²) in [6.45, 7) is 4.38. The summed E-state index contributed by atoms with van der Waals surface area (Å²) in [6, 6.07) is 9.90. The third-order valence-electron chi connectivity index (χ3n) is 3.26. The van der Waals surface area contributed by atoms with E-state index < -0.39 is 0 Å². The molecule has 1 N–H and O–H groups in total. The standard InChI is InChI=1S/C15H18N2O2/c1-11-8-16-9-12(19-11)10-18-15-6-7-17-14-5-3-2-4-13(14)15/h2-7,11-12,16H,8-10H2,1H3. The van der Waals surface area contributed by atoms with Gasteiger partial charge in [0, 0.05) is 24.7 Å². The highest BCUT2D eigenvalue weighted by Gasteiger charge is 2.19. The van der Waals surface area contributed by atoms with E-state index in [4.69, 9.17) is 9.47 Å². The largest absolute Gasteiger partial charge is 0.490 e. The number of benzene rings is 1. The molecule has 2 atom stereocenters. The Bertz CT molecular complexity index is 553. The minimum atomic E-state index is 0.107. The summed E-state index contributed by atoms with van der Waals surface area (Å²) in [5.74, 6) is 0.868. The molecule has 0 spiro atoms. The highest BCUT2D eigenvalue weighted by atomic mass is 16.5. The lowest BCUT2D eigenvalue weighted by Gasteiger charge is -2.28. The van der Waals surface area contributed by atoms with Crippen LogP contribution < -0.4 is 10.1 Å². The quantitative estimate of drug-likeness (QED) is 0.914. The molecule has 100 valence electrons. The Morgan fingerprint density at radius 2 is 2.21 bits per heavy atom. The summed E-state index contributed by atoms with van der Waals surface area (Å²) < 4.78 is 11.7. The van der Waals surface area contributed by atoms with Crippen LogP contribution in [-0.2, 0) is 4.74 Å². The number of fused-ring (bicyclic) bond motifs is 1. The summed E-state index contributed by atoms with van der Waals surface area (Å²) in [5, 5.41) is 4.38. The fourth-order valence-electron chi connectivity index (χ4n) is 2.35. The first kappa shape index (κ1) is 12.4. The number of para-hydroxylation sites is 1. The van der Waals surface area contributed by atoms with Crippen molar-refractivity contribution in [3.8, 4) is 5.75 Å². The maximum atomic E-state index is 5.90. The van der Waals surface area contributed by atoms with E-state index in [9.17, 15) is 0 Å².